The van der Waals surface area contributed by atoms with Gasteiger partial charge in [-0.25, -0.2) is 0 Å². The summed E-state index contributed by atoms with van der Waals surface area (Å²) in [6.45, 7) is 0. The summed E-state index contributed by atoms with van der Waals surface area (Å²) in [5.41, 5.74) is -0.842. The maximum absolute atomic E-state index is 12.1. The molecule has 1 unspecified atom stereocenters. The predicted octanol–water partition coefficient (Wildman–Crippen LogP) is 1.77. The molecule has 1 aromatic heterocycles. The van der Waals surface area contributed by atoms with Crippen molar-refractivity contribution in [3.05, 3.63) is 29.6 Å². The Balaban J connectivity index is 2.96. The molecule has 1 heterocycles. The molecule has 14 heavy (non-hydrogen) atoms. The lowest BCUT2D eigenvalue weighted by Crippen LogP contribution is -2.06. The number of rotatable bonds is 1. The monoisotopic (exact) mass is 201 g/mol. The molecule has 1 aromatic rings. The zero-order chi connectivity index (χ0) is 10.8. The minimum Gasteiger partial charge on any atom is -0.374 e. The van der Waals surface area contributed by atoms with E-state index in [4.69, 9.17) is 11.5 Å². The number of terminal acetylenes is 1. The van der Waals surface area contributed by atoms with Gasteiger partial charge in [0, 0.05) is 6.20 Å². The Morgan fingerprint density at radius 3 is 2.43 bits per heavy atom. The highest BCUT2D eigenvalue weighted by Crippen LogP contribution is 2.28. The SMILES string of the molecule is C#CC(O)c1ccc(C(F)(F)F)cn1. The third kappa shape index (κ3) is 2.24. The van der Waals surface area contributed by atoms with Crippen LogP contribution in [-0.4, -0.2) is 10.1 Å². The van der Waals surface area contributed by atoms with Gasteiger partial charge in [-0.1, -0.05) is 5.92 Å². The summed E-state index contributed by atoms with van der Waals surface area (Å²) in [5.74, 6) is 1.95. The van der Waals surface area contributed by atoms with Gasteiger partial charge in [0.1, 0.15) is 0 Å². The van der Waals surface area contributed by atoms with Crippen molar-refractivity contribution in [3.63, 3.8) is 0 Å². The summed E-state index contributed by atoms with van der Waals surface area (Å²) < 4.78 is 36.2. The number of nitrogens with zero attached hydrogens (tertiary/aromatic N) is 1. The molecule has 1 N–H and O–H groups in total. The van der Waals surface area contributed by atoms with Crippen LogP contribution in [0.2, 0.25) is 0 Å². The van der Waals surface area contributed by atoms with E-state index in [2.05, 4.69) is 4.98 Å². The summed E-state index contributed by atoms with van der Waals surface area (Å²) >= 11 is 0. The Bertz CT molecular complexity index is 350. The lowest BCUT2D eigenvalue weighted by atomic mass is 10.2. The van der Waals surface area contributed by atoms with E-state index in [0.717, 1.165) is 12.1 Å². The van der Waals surface area contributed by atoms with Gasteiger partial charge in [-0.2, -0.15) is 13.2 Å². The van der Waals surface area contributed by atoms with Crippen LogP contribution in [0.25, 0.3) is 0 Å². The van der Waals surface area contributed by atoms with Crippen molar-refractivity contribution in [3.8, 4) is 12.3 Å². The topological polar surface area (TPSA) is 33.1 Å². The number of hydrogen-bond acceptors (Lipinski definition) is 2. The van der Waals surface area contributed by atoms with Crippen LogP contribution in [0, 0.1) is 12.3 Å². The number of alkyl halides is 3. The molecule has 1 atom stereocenters. The van der Waals surface area contributed by atoms with Crippen molar-refractivity contribution in [2.75, 3.05) is 0 Å². The molecular formula is C9H6F3NO. The zero-order valence-electron chi connectivity index (χ0n) is 6.92. The second-order valence-electron chi connectivity index (χ2n) is 2.54. The molecule has 0 bridgehead atoms. The van der Waals surface area contributed by atoms with E-state index in [9.17, 15) is 13.2 Å². The summed E-state index contributed by atoms with van der Waals surface area (Å²) in [6, 6.07) is 1.87. The van der Waals surface area contributed by atoms with E-state index in [-0.39, 0.29) is 5.69 Å². The van der Waals surface area contributed by atoms with E-state index < -0.39 is 17.8 Å². The van der Waals surface area contributed by atoms with E-state index in [1.165, 1.54) is 0 Å². The van der Waals surface area contributed by atoms with Crippen molar-refractivity contribution >= 4 is 0 Å². The average Bonchev–Trinajstić information content (AvgIpc) is 2.15. The third-order valence-electron chi connectivity index (χ3n) is 1.55. The van der Waals surface area contributed by atoms with Crippen LogP contribution in [-0.2, 0) is 6.18 Å². The van der Waals surface area contributed by atoms with Gasteiger partial charge in [0.2, 0.25) is 0 Å². The second-order valence-corrected chi connectivity index (χ2v) is 2.54. The summed E-state index contributed by atoms with van der Waals surface area (Å²) in [6.07, 6.45) is -0.190. The minimum atomic E-state index is -4.42. The first kappa shape index (κ1) is 10.5. The molecule has 0 aromatic carbocycles. The van der Waals surface area contributed by atoms with Gasteiger partial charge in [0.25, 0.3) is 0 Å². The second kappa shape index (κ2) is 3.68. The molecule has 74 valence electrons. The van der Waals surface area contributed by atoms with E-state index >= 15 is 0 Å². The summed E-state index contributed by atoms with van der Waals surface area (Å²) in [4.78, 5) is 3.40. The molecule has 0 fully saturated rings. The fourth-order valence-electron chi connectivity index (χ4n) is 0.820. The molecule has 5 heteroatoms. The Kier molecular flexibility index (Phi) is 2.77. The Morgan fingerprint density at radius 2 is 2.07 bits per heavy atom. The number of pyridine rings is 1. The Morgan fingerprint density at radius 1 is 1.43 bits per heavy atom. The van der Waals surface area contributed by atoms with E-state index in [0.29, 0.717) is 6.20 Å². The number of hydrogen-bond donors (Lipinski definition) is 1. The first-order valence-electron chi connectivity index (χ1n) is 3.62. The first-order valence-corrected chi connectivity index (χ1v) is 3.62. The molecular weight excluding hydrogens is 195 g/mol. The lowest BCUT2D eigenvalue weighted by Gasteiger charge is -2.07. The van der Waals surface area contributed by atoms with Crippen LogP contribution in [0.3, 0.4) is 0 Å². The van der Waals surface area contributed by atoms with Crippen LogP contribution in [0.5, 0.6) is 0 Å². The van der Waals surface area contributed by atoms with E-state index in [1.54, 1.807) is 0 Å². The molecule has 2 nitrogen and oxygen atoms in total. The van der Waals surface area contributed by atoms with Crippen molar-refractivity contribution in [2.45, 2.75) is 12.3 Å². The molecule has 0 aliphatic heterocycles. The maximum atomic E-state index is 12.1. The van der Waals surface area contributed by atoms with Crippen LogP contribution >= 0.6 is 0 Å². The van der Waals surface area contributed by atoms with Crippen LogP contribution in [0.15, 0.2) is 18.3 Å². The quantitative estimate of drug-likeness (QED) is 0.702. The predicted molar refractivity (Wildman–Crippen MR) is 43.0 cm³/mol. The Hall–Kier alpha value is -1.54. The molecule has 1 rings (SSSR count). The normalized spacial score (nSPS) is 13.4. The summed E-state index contributed by atoms with van der Waals surface area (Å²) in [7, 11) is 0. The largest absolute Gasteiger partial charge is 0.417 e. The fourth-order valence-corrected chi connectivity index (χ4v) is 0.820. The molecule has 0 amide bonds. The third-order valence-corrected chi connectivity index (χ3v) is 1.55. The lowest BCUT2D eigenvalue weighted by molar-refractivity contribution is -0.137. The number of aliphatic hydroxyl groups excluding tert-OH is 1. The summed E-state index contributed by atoms with van der Waals surface area (Å²) in [5, 5.41) is 9.04. The van der Waals surface area contributed by atoms with Crippen molar-refractivity contribution in [1.82, 2.24) is 4.98 Å². The van der Waals surface area contributed by atoms with Gasteiger partial charge in [0.15, 0.2) is 6.10 Å². The van der Waals surface area contributed by atoms with Crippen LogP contribution in [0.4, 0.5) is 13.2 Å². The smallest absolute Gasteiger partial charge is 0.374 e. The van der Waals surface area contributed by atoms with Crippen molar-refractivity contribution in [2.24, 2.45) is 0 Å². The molecule has 0 saturated carbocycles. The van der Waals surface area contributed by atoms with Gasteiger partial charge in [-0.3, -0.25) is 4.98 Å². The van der Waals surface area contributed by atoms with Crippen molar-refractivity contribution in [1.29, 1.82) is 0 Å². The zero-order valence-corrected chi connectivity index (χ0v) is 6.92. The van der Waals surface area contributed by atoms with Crippen LogP contribution < -0.4 is 0 Å². The van der Waals surface area contributed by atoms with Gasteiger partial charge in [-0.15, -0.1) is 6.42 Å². The highest BCUT2D eigenvalue weighted by molar-refractivity contribution is 5.21. The van der Waals surface area contributed by atoms with Crippen LogP contribution in [0.1, 0.15) is 17.4 Å². The van der Waals surface area contributed by atoms with Gasteiger partial charge >= 0.3 is 6.18 Å². The van der Waals surface area contributed by atoms with Gasteiger partial charge in [0.05, 0.1) is 11.3 Å². The maximum Gasteiger partial charge on any atom is 0.417 e. The van der Waals surface area contributed by atoms with Crippen molar-refractivity contribution < 1.29 is 18.3 Å². The first-order chi connectivity index (χ1) is 6.45. The Labute approximate surface area is 78.4 Å². The number of aliphatic hydroxyl groups is 1. The minimum absolute atomic E-state index is 0.0282. The molecule has 0 aliphatic rings. The van der Waals surface area contributed by atoms with E-state index in [1.807, 2.05) is 5.92 Å². The number of aromatic nitrogens is 1. The fraction of sp³-hybridized carbons (Fsp3) is 0.222. The van der Waals surface area contributed by atoms with Gasteiger partial charge in [-0.05, 0) is 12.1 Å². The number of halogens is 3. The molecule has 0 spiro atoms. The van der Waals surface area contributed by atoms with Gasteiger partial charge < -0.3 is 5.11 Å². The highest BCUT2D eigenvalue weighted by Gasteiger charge is 2.30. The average molecular weight is 201 g/mol. The highest BCUT2D eigenvalue weighted by atomic mass is 19.4. The molecule has 0 aliphatic carbocycles. The standard InChI is InChI=1S/C9H6F3NO/c1-2-8(14)7-4-3-6(5-13-7)9(10,11)12/h1,3-5,8,14H. The molecule has 0 saturated heterocycles. The molecule has 0 radical (unpaired) electrons.